The van der Waals surface area contributed by atoms with Gasteiger partial charge in [-0.05, 0) is 25.8 Å². The molecule has 96 valence electrons. The summed E-state index contributed by atoms with van der Waals surface area (Å²) < 4.78 is 0. The summed E-state index contributed by atoms with van der Waals surface area (Å²) in [4.78, 5) is 22.0. The summed E-state index contributed by atoms with van der Waals surface area (Å²) >= 11 is 5.78. The van der Waals surface area contributed by atoms with E-state index in [4.69, 9.17) is 17.3 Å². The Morgan fingerprint density at radius 3 is 2.67 bits per heavy atom. The molecule has 1 aromatic carbocycles. The second-order valence-corrected chi connectivity index (χ2v) is 5.07. The van der Waals surface area contributed by atoms with Gasteiger partial charge in [-0.3, -0.25) is 14.9 Å². The van der Waals surface area contributed by atoms with Crippen molar-refractivity contribution in [1.82, 2.24) is 5.32 Å². The van der Waals surface area contributed by atoms with Crippen LogP contribution in [-0.4, -0.2) is 16.4 Å². The number of amides is 1. The second kappa shape index (κ2) is 4.13. The molecule has 1 fully saturated rings. The van der Waals surface area contributed by atoms with E-state index < -0.39 is 4.92 Å². The zero-order valence-corrected chi connectivity index (χ0v) is 10.5. The van der Waals surface area contributed by atoms with Crippen molar-refractivity contribution in [3.05, 3.63) is 32.8 Å². The number of nitrogens with one attached hydrogen (secondary N) is 1. The van der Waals surface area contributed by atoms with Crippen LogP contribution in [0.3, 0.4) is 0 Å². The lowest BCUT2D eigenvalue weighted by atomic mass is 10.1. The smallest absolute Gasteiger partial charge is 0.294 e. The number of nitro groups is 1. The Balaban J connectivity index is 2.33. The number of nitrogen functional groups attached to an aromatic ring is 1. The Hall–Kier alpha value is -1.82. The Morgan fingerprint density at radius 1 is 1.56 bits per heavy atom. The lowest BCUT2D eigenvalue weighted by Crippen LogP contribution is -2.34. The number of hydrogen-bond acceptors (Lipinski definition) is 4. The SMILES string of the molecule is CC1(NC(=O)c2cc(Cl)c(N)c([N+](=O)[O-])c2)CC1. The summed E-state index contributed by atoms with van der Waals surface area (Å²) in [6.07, 6.45) is 1.81. The molecular formula is C11H12ClN3O3. The van der Waals surface area contributed by atoms with Gasteiger partial charge in [0, 0.05) is 17.2 Å². The van der Waals surface area contributed by atoms with Crippen LogP contribution in [0.25, 0.3) is 0 Å². The summed E-state index contributed by atoms with van der Waals surface area (Å²) in [5.74, 6) is -0.375. The fourth-order valence-electron chi connectivity index (χ4n) is 1.54. The van der Waals surface area contributed by atoms with Crippen LogP contribution >= 0.6 is 11.6 Å². The van der Waals surface area contributed by atoms with Crippen molar-refractivity contribution in [3.63, 3.8) is 0 Å². The summed E-state index contributed by atoms with van der Waals surface area (Å²) in [5.41, 5.74) is 4.96. The van der Waals surface area contributed by atoms with Gasteiger partial charge in [0.15, 0.2) is 0 Å². The van der Waals surface area contributed by atoms with Crippen molar-refractivity contribution in [2.75, 3.05) is 5.73 Å². The van der Waals surface area contributed by atoms with Crippen LogP contribution in [0.2, 0.25) is 5.02 Å². The fourth-order valence-corrected chi connectivity index (χ4v) is 1.76. The third-order valence-electron chi connectivity index (χ3n) is 2.98. The third kappa shape index (κ3) is 2.38. The zero-order valence-electron chi connectivity index (χ0n) is 9.70. The molecule has 3 N–H and O–H groups in total. The van der Waals surface area contributed by atoms with E-state index in [9.17, 15) is 14.9 Å². The summed E-state index contributed by atoms with van der Waals surface area (Å²) in [6, 6.07) is 2.48. The van der Waals surface area contributed by atoms with Gasteiger partial charge in [-0.2, -0.15) is 0 Å². The number of rotatable bonds is 3. The molecule has 1 saturated carbocycles. The van der Waals surface area contributed by atoms with Crippen LogP contribution in [0.15, 0.2) is 12.1 Å². The highest BCUT2D eigenvalue weighted by atomic mass is 35.5. The molecule has 0 radical (unpaired) electrons. The maximum atomic E-state index is 11.9. The summed E-state index contributed by atoms with van der Waals surface area (Å²) in [7, 11) is 0. The predicted molar refractivity (Wildman–Crippen MR) is 67.6 cm³/mol. The van der Waals surface area contributed by atoms with Crippen LogP contribution in [0.5, 0.6) is 0 Å². The maximum absolute atomic E-state index is 11.9. The molecule has 0 atom stereocenters. The average molecular weight is 270 g/mol. The number of nitrogens with zero attached hydrogens (tertiary/aromatic N) is 1. The highest BCUT2D eigenvalue weighted by Crippen LogP contribution is 2.35. The Labute approximate surface area is 108 Å². The van der Waals surface area contributed by atoms with E-state index in [1.165, 1.54) is 6.07 Å². The molecule has 0 unspecified atom stereocenters. The lowest BCUT2D eigenvalue weighted by molar-refractivity contribution is -0.383. The fraction of sp³-hybridized carbons (Fsp3) is 0.364. The van der Waals surface area contributed by atoms with Crippen LogP contribution in [0.4, 0.5) is 11.4 Å². The van der Waals surface area contributed by atoms with Crippen LogP contribution in [0, 0.1) is 10.1 Å². The van der Waals surface area contributed by atoms with Gasteiger partial charge in [0.05, 0.1) is 9.95 Å². The normalized spacial score (nSPS) is 16.1. The van der Waals surface area contributed by atoms with Crippen molar-refractivity contribution < 1.29 is 9.72 Å². The third-order valence-corrected chi connectivity index (χ3v) is 3.29. The number of anilines is 1. The van der Waals surface area contributed by atoms with E-state index in [0.29, 0.717) is 0 Å². The van der Waals surface area contributed by atoms with Crippen molar-refractivity contribution in [3.8, 4) is 0 Å². The van der Waals surface area contributed by atoms with Gasteiger partial charge in [-0.15, -0.1) is 0 Å². The molecule has 2 rings (SSSR count). The first kappa shape index (κ1) is 12.6. The van der Waals surface area contributed by atoms with Gasteiger partial charge >= 0.3 is 0 Å². The number of nitrogens with two attached hydrogens (primary N) is 1. The molecule has 7 heteroatoms. The molecule has 0 heterocycles. The molecule has 0 aromatic heterocycles. The standard InChI is InChI=1S/C11H12ClN3O3/c1-11(2-3-11)14-10(16)6-4-7(12)9(13)8(5-6)15(17)18/h4-5H,2-3,13H2,1H3,(H,14,16). The quantitative estimate of drug-likeness (QED) is 0.499. The number of nitro benzene ring substituents is 1. The van der Waals surface area contributed by atoms with Crippen molar-refractivity contribution in [2.45, 2.75) is 25.3 Å². The maximum Gasteiger partial charge on any atom is 0.294 e. The Morgan fingerprint density at radius 2 is 2.17 bits per heavy atom. The first-order valence-electron chi connectivity index (χ1n) is 5.38. The molecule has 1 amide bonds. The molecule has 0 saturated heterocycles. The predicted octanol–water partition coefficient (Wildman–Crippen LogP) is 2.11. The van der Waals surface area contributed by atoms with Gasteiger partial charge in [0.2, 0.25) is 0 Å². The minimum Gasteiger partial charge on any atom is -0.392 e. The molecule has 0 spiro atoms. The van der Waals surface area contributed by atoms with Gasteiger partial charge in [-0.1, -0.05) is 11.6 Å². The summed E-state index contributed by atoms with van der Waals surface area (Å²) in [5, 5.41) is 13.6. The van der Waals surface area contributed by atoms with E-state index in [1.807, 2.05) is 6.92 Å². The number of halogens is 1. The largest absolute Gasteiger partial charge is 0.392 e. The van der Waals surface area contributed by atoms with E-state index in [1.54, 1.807) is 0 Å². The molecule has 18 heavy (non-hydrogen) atoms. The van der Waals surface area contributed by atoms with E-state index >= 15 is 0 Å². The van der Waals surface area contributed by atoms with Crippen LogP contribution in [-0.2, 0) is 0 Å². The van der Waals surface area contributed by atoms with Crippen LogP contribution in [0.1, 0.15) is 30.1 Å². The van der Waals surface area contributed by atoms with Crippen LogP contribution < -0.4 is 11.1 Å². The number of carbonyl (C=O) groups is 1. The van der Waals surface area contributed by atoms with Gasteiger partial charge in [0.1, 0.15) is 5.69 Å². The zero-order chi connectivity index (χ0) is 13.5. The Bertz CT molecular complexity index is 541. The van der Waals surface area contributed by atoms with Gasteiger partial charge in [0.25, 0.3) is 11.6 Å². The monoisotopic (exact) mass is 269 g/mol. The number of carbonyl (C=O) groups excluding carboxylic acids is 1. The molecular weight excluding hydrogens is 258 g/mol. The molecule has 1 aliphatic carbocycles. The molecule has 1 aliphatic rings. The highest BCUT2D eigenvalue weighted by molar-refractivity contribution is 6.34. The first-order valence-corrected chi connectivity index (χ1v) is 5.76. The minimum absolute atomic E-state index is 0.00954. The topological polar surface area (TPSA) is 98.3 Å². The molecule has 1 aromatic rings. The first-order chi connectivity index (χ1) is 8.32. The lowest BCUT2D eigenvalue weighted by Gasteiger charge is -2.12. The molecule has 6 nitrogen and oxygen atoms in total. The number of benzene rings is 1. The molecule has 0 aliphatic heterocycles. The van der Waals surface area contributed by atoms with Crippen molar-refractivity contribution in [1.29, 1.82) is 0 Å². The minimum atomic E-state index is -0.656. The van der Waals surface area contributed by atoms with E-state index in [0.717, 1.165) is 18.9 Å². The Kier molecular flexibility index (Phi) is 2.90. The highest BCUT2D eigenvalue weighted by Gasteiger charge is 2.39. The van der Waals surface area contributed by atoms with E-state index in [-0.39, 0.29) is 33.4 Å². The van der Waals surface area contributed by atoms with Crippen molar-refractivity contribution in [2.24, 2.45) is 0 Å². The molecule has 0 bridgehead atoms. The van der Waals surface area contributed by atoms with Gasteiger partial charge < -0.3 is 11.1 Å². The average Bonchev–Trinajstić information content (AvgIpc) is 2.99. The van der Waals surface area contributed by atoms with Gasteiger partial charge in [-0.25, -0.2) is 0 Å². The number of hydrogen-bond donors (Lipinski definition) is 2. The van der Waals surface area contributed by atoms with E-state index in [2.05, 4.69) is 5.32 Å². The second-order valence-electron chi connectivity index (χ2n) is 4.66. The summed E-state index contributed by atoms with van der Waals surface area (Å²) in [6.45, 7) is 1.91. The van der Waals surface area contributed by atoms with Crippen molar-refractivity contribution >= 4 is 28.9 Å².